The molecule has 1 aromatic carbocycles. The Morgan fingerprint density at radius 3 is 2.33 bits per heavy atom. The van der Waals surface area contributed by atoms with Crippen LogP contribution in [0.1, 0.15) is 25.8 Å². The van der Waals surface area contributed by atoms with Crippen molar-refractivity contribution in [1.82, 2.24) is 5.32 Å². The van der Waals surface area contributed by atoms with Gasteiger partial charge < -0.3 is 10.1 Å². The molecule has 0 saturated carbocycles. The minimum absolute atomic E-state index is 0.146. The molecule has 2 atom stereocenters. The SMILES string of the molecule is CC[C@@H](C)[C@@H](NC(=O)Cc1c(F)cccc1F)C(=O)OC. The summed E-state index contributed by atoms with van der Waals surface area (Å²) in [5.74, 6) is -2.93. The molecule has 0 heterocycles. The number of hydrogen-bond acceptors (Lipinski definition) is 3. The lowest BCUT2D eigenvalue weighted by atomic mass is 9.98. The molecule has 0 aliphatic rings. The smallest absolute Gasteiger partial charge is 0.328 e. The number of carbonyl (C=O) groups is 2. The maximum atomic E-state index is 13.5. The Hall–Kier alpha value is -1.98. The van der Waals surface area contributed by atoms with Gasteiger partial charge in [0.2, 0.25) is 5.91 Å². The summed E-state index contributed by atoms with van der Waals surface area (Å²) in [5.41, 5.74) is -0.317. The second-order valence-electron chi connectivity index (χ2n) is 4.83. The van der Waals surface area contributed by atoms with E-state index >= 15 is 0 Å². The second-order valence-corrected chi connectivity index (χ2v) is 4.83. The van der Waals surface area contributed by atoms with E-state index in [1.54, 1.807) is 6.92 Å². The maximum Gasteiger partial charge on any atom is 0.328 e. The number of rotatable bonds is 6. The minimum atomic E-state index is -0.831. The highest BCUT2D eigenvalue weighted by Crippen LogP contribution is 2.14. The molecule has 4 nitrogen and oxygen atoms in total. The van der Waals surface area contributed by atoms with Crippen LogP contribution >= 0.6 is 0 Å². The van der Waals surface area contributed by atoms with Crippen molar-refractivity contribution in [2.45, 2.75) is 32.7 Å². The second kappa shape index (κ2) is 7.71. The predicted molar refractivity (Wildman–Crippen MR) is 73.5 cm³/mol. The summed E-state index contributed by atoms with van der Waals surface area (Å²) in [7, 11) is 1.22. The average molecular weight is 299 g/mol. The highest BCUT2D eigenvalue weighted by molar-refractivity contribution is 5.85. The molecule has 0 saturated heterocycles. The van der Waals surface area contributed by atoms with Crippen LogP contribution in [0.4, 0.5) is 8.78 Å². The van der Waals surface area contributed by atoms with Crippen LogP contribution in [-0.4, -0.2) is 25.0 Å². The molecule has 0 radical (unpaired) electrons. The van der Waals surface area contributed by atoms with E-state index in [1.807, 2.05) is 6.92 Å². The van der Waals surface area contributed by atoms with E-state index in [2.05, 4.69) is 10.1 Å². The van der Waals surface area contributed by atoms with Crippen molar-refractivity contribution < 1.29 is 23.1 Å². The molecule has 0 spiro atoms. The summed E-state index contributed by atoms with van der Waals surface area (Å²) in [5, 5.41) is 2.47. The zero-order chi connectivity index (χ0) is 16.0. The normalized spacial score (nSPS) is 13.4. The number of benzene rings is 1. The quantitative estimate of drug-likeness (QED) is 0.819. The number of halogens is 2. The van der Waals surface area contributed by atoms with Crippen LogP contribution in [-0.2, 0) is 20.7 Å². The van der Waals surface area contributed by atoms with Crippen LogP contribution in [0, 0.1) is 17.6 Å². The van der Waals surface area contributed by atoms with Crippen LogP contribution in [0.15, 0.2) is 18.2 Å². The van der Waals surface area contributed by atoms with Gasteiger partial charge in [0.25, 0.3) is 0 Å². The summed E-state index contributed by atoms with van der Waals surface area (Å²) in [6, 6.07) is 2.56. The number of esters is 1. The van der Waals surface area contributed by atoms with Crippen LogP contribution in [0.3, 0.4) is 0 Å². The fraction of sp³-hybridized carbons (Fsp3) is 0.467. The first-order chi connectivity index (χ1) is 9.90. The van der Waals surface area contributed by atoms with Gasteiger partial charge in [0, 0.05) is 5.56 Å². The lowest BCUT2D eigenvalue weighted by molar-refractivity contribution is -0.146. The maximum absolute atomic E-state index is 13.5. The molecule has 0 fully saturated rings. The van der Waals surface area contributed by atoms with E-state index in [-0.39, 0.29) is 11.5 Å². The molecule has 0 aliphatic heterocycles. The Morgan fingerprint density at radius 2 is 1.86 bits per heavy atom. The van der Waals surface area contributed by atoms with Gasteiger partial charge in [-0.2, -0.15) is 0 Å². The molecule has 1 N–H and O–H groups in total. The third kappa shape index (κ3) is 4.51. The van der Waals surface area contributed by atoms with Crippen molar-refractivity contribution in [2.24, 2.45) is 5.92 Å². The van der Waals surface area contributed by atoms with E-state index in [9.17, 15) is 18.4 Å². The summed E-state index contributed by atoms with van der Waals surface area (Å²) < 4.78 is 31.6. The summed E-state index contributed by atoms with van der Waals surface area (Å²) in [6.07, 6.45) is 0.177. The minimum Gasteiger partial charge on any atom is -0.467 e. The monoisotopic (exact) mass is 299 g/mol. The fourth-order valence-corrected chi connectivity index (χ4v) is 1.88. The number of ether oxygens (including phenoxy) is 1. The van der Waals surface area contributed by atoms with E-state index in [4.69, 9.17) is 0 Å². The number of amides is 1. The van der Waals surface area contributed by atoms with Gasteiger partial charge in [0.15, 0.2) is 0 Å². The summed E-state index contributed by atoms with van der Waals surface area (Å²) in [4.78, 5) is 23.6. The van der Waals surface area contributed by atoms with Gasteiger partial charge in [-0.1, -0.05) is 26.3 Å². The third-order valence-corrected chi connectivity index (χ3v) is 3.38. The van der Waals surface area contributed by atoms with Gasteiger partial charge in [0.1, 0.15) is 17.7 Å². The third-order valence-electron chi connectivity index (χ3n) is 3.38. The predicted octanol–water partition coefficient (Wildman–Crippen LogP) is 2.21. The first-order valence-corrected chi connectivity index (χ1v) is 6.70. The zero-order valence-corrected chi connectivity index (χ0v) is 12.3. The molecule has 1 aromatic rings. The average Bonchev–Trinajstić information content (AvgIpc) is 2.47. The number of carbonyl (C=O) groups excluding carboxylic acids is 2. The van der Waals surface area contributed by atoms with Crippen LogP contribution in [0.2, 0.25) is 0 Å². The lowest BCUT2D eigenvalue weighted by Gasteiger charge is -2.21. The molecule has 0 unspecified atom stereocenters. The molecular formula is C15H19F2NO3. The molecule has 1 rings (SSSR count). The van der Waals surface area contributed by atoms with Crippen molar-refractivity contribution in [1.29, 1.82) is 0 Å². The molecule has 0 aromatic heterocycles. The van der Waals surface area contributed by atoms with Crippen molar-refractivity contribution in [2.75, 3.05) is 7.11 Å². The fourth-order valence-electron chi connectivity index (χ4n) is 1.88. The van der Waals surface area contributed by atoms with Crippen molar-refractivity contribution in [3.63, 3.8) is 0 Å². The highest BCUT2D eigenvalue weighted by Gasteiger charge is 2.27. The lowest BCUT2D eigenvalue weighted by Crippen LogP contribution is -2.46. The number of nitrogens with one attached hydrogen (secondary N) is 1. The summed E-state index contributed by atoms with van der Waals surface area (Å²) in [6.45, 7) is 3.65. The topological polar surface area (TPSA) is 55.4 Å². The highest BCUT2D eigenvalue weighted by atomic mass is 19.1. The van der Waals surface area contributed by atoms with E-state index < -0.39 is 36.0 Å². The number of methoxy groups -OCH3 is 1. The van der Waals surface area contributed by atoms with Crippen LogP contribution < -0.4 is 5.32 Å². The molecule has 1 amide bonds. The molecule has 116 valence electrons. The van der Waals surface area contributed by atoms with Gasteiger partial charge in [0.05, 0.1) is 13.5 Å². The first-order valence-electron chi connectivity index (χ1n) is 6.70. The van der Waals surface area contributed by atoms with Gasteiger partial charge in [-0.15, -0.1) is 0 Å². The largest absolute Gasteiger partial charge is 0.467 e. The zero-order valence-electron chi connectivity index (χ0n) is 12.3. The molecule has 6 heteroatoms. The Bertz CT molecular complexity index is 499. The van der Waals surface area contributed by atoms with Crippen molar-refractivity contribution in [3.05, 3.63) is 35.4 Å². The molecule has 0 bridgehead atoms. The first kappa shape index (κ1) is 17.1. The molecule has 21 heavy (non-hydrogen) atoms. The van der Waals surface area contributed by atoms with E-state index in [0.717, 1.165) is 12.1 Å². The standard InChI is InChI=1S/C15H19F2NO3/c1-4-9(2)14(15(20)21-3)18-13(19)8-10-11(16)6-5-7-12(10)17/h5-7,9,14H,4,8H2,1-3H3,(H,18,19)/t9-,14-/m1/s1. The van der Waals surface area contributed by atoms with Crippen molar-refractivity contribution in [3.8, 4) is 0 Å². The number of hydrogen-bond donors (Lipinski definition) is 1. The van der Waals surface area contributed by atoms with Gasteiger partial charge in [-0.25, -0.2) is 13.6 Å². The van der Waals surface area contributed by atoms with Crippen molar-refractivity contribution >= 4 is 11.9 Å². The van der Waals surface area contributed by atoms with Crippen LogP contribution in [0.25, 0.3) is 0 Å². The van der Waals surface area contributed by atoms with Gasteiger partial charge in [-0.05, 0) is 18.1 Å². The Balaban J connectivity index is 2.81. The van der Waals surface area contributed by atoms with Gasteiger partial charge >= 0.3 is 5.97 Å². The molecule has 0 aliphatic carbocycles. The van der Waals surface area contributed by atoms with E-state index in [0.29, 0.717) is 6.42 Å². The Kier molecular flexibility index (Phi) is 6.27. The Labute approximate surface area is 122 Å². The Morgan fingerprint density at radius 1 is 1.29 bits per heavy atom. The summed E-state index contributed by atoms with van der Waals surface area (Å²) >= 11 is 0. The van der Waals surface area contributed by atoms with Gasteiger partial charge in [-0.3, -0.25) is 4.79 Å². The van der Waals surface area contributed by atoms with Crippen LogP contribution in [0.5, 0.6) is 0 Å². The molecular weight excluding hydrogens is 280 g/mol. The van der Waals surface area contributed by atoms with E-state index in [1.165, 1.54) is 13.2 Å².